The van der Waals surface area contributed by atoms with Crippen LogP contribution in [-0.2, 0) is 9.59 Å². The highest BCUT2D eigenvalue weighted by Crippen LogP contribution is 2.46. The fourth-order valence-electron chi connectivity index (χ4n) is 3.71. The van der Waals surface area contributed by atoms with E-state index in [-0.39, 0.29) is 24.3 Å². The Hall–Kier alpha value is -1.50. The highest BCUT2D eigenvalue weighted by Gasteiger charge is 2.51. The molecule has 8 heteroatoms. The molecule has 2 N–H and O–H groups in total. The smallest absolute Gasteiger partial charge is 0.336 e. The lowest BCUT2D eigenvalue weighted by Crippen LogP contribution is -2.54. The van der Waals surface area contributed by atoms with Crippen molar-refractivity contribution in [2.24, 2.45) is 0 Å². The lowest BCUT2D eigenvalue weighted by molar-refractivity contribution is -0.171. The summed E-state index contributed by atoms with van der Waals surface area (Å²) in [7, 11) is 1.53. The lowest BCUT2D eigenvalue weighted by atomic mass is 9.85. The molecule has 2 aliphatic heterocycles. The van der Waals surface area contributed by atoms with Gasteiger partial charge in [-0.25, -0.2) is 4.79 Å². The fourth-order valence-corrected chi connectivity index (χ4v) is 4.18. The van der Waals surface area contributed by atoms with Crippen LogP contribution in [0.1, 0.15) is 30.7 Å². The van der Waals surface area contributed by atoms with Crippen molar-refractivity contribution in [2.45, 2.75) is 36.8 Å². The van der Waals surface area contributed by atoms with Crippen LogP contribution < -0.4 is 4.74 Å². The van der Waals surface area contributed by atoms with Crippen molar-refractivity contribution < 1.29 is 24.5 Å². The van der Waals surface area contributed by atoms with Gasteiger partial charge in [0.2, 0.25) is 5.91 Å². The molecular weight excluding hydrogens is 357 g/mol. The zero-order chi connectivity index (χ0) is 17.6. The number of hydrogen-bond acceptors (Lipinski definition) is 4. The SMILES string of the molecule is COc1ccc(Cl)c(Cl)c1[C@H]1C[C@H]2CC(O)(C(=O)O)CC(=O)N2C1. The standard InChI is InChI=1S/C16H17Cl2NO5/c1-24-11-3-2-10(17)14(18)13(11)8-4-9-5-16(23,15(21)22)6-12(20)19(9)7-8/h2-3,8-9,23H,4-7H2,1H3,(H,21,22)/t8-,9-,16?/m0/s1. The molecule has 2 aliphatic rings. The van der Waals surface area contributed by atoms with Crippen molar-refractivity contribution in [2.75, 3.05) is 13.7 Å². The minimum atomic E-state index is -2.00. The number of aliphatic carboxylic acids is 1. The molecule has 6 nitrogen and oxygen atoms in total. The molecule has 24 heavy (non-hydrogen) atoms. The maximum absolute atomic E-state index is 12.3. The number of halogens is 2. The number of carboxylic acids is 1. The second kappa shape index (κ2) is 6.10. The van der Waals surface area contributed by atoms with Crippen molar-refractivity contribution >= 4 is 35.1 Å². The van der Waals surface area contributed by atoms with Gasteiger partial charge in [-0.05, 0) is 18.6 Å². The first kappa shape index (κ1) is 17.3. The molecular formula is C16H17Cl2NO5. The van der Waals surface area contributed by atoms with E-state index in [4.69, 9.17) is 27.9 Å². The van der Waals surface area contributed by atoms with Crippen LogP contribution in [0.5, 0.6) is 5.75 Å². The Kier molecular flexibility index (Phi) is 4.40. The zero-order valence-electron chi connectivity index (χ0n) is 13.0. The summed E-state index contributed by atoms with van der Waals surface area (Å²) in [5.74, 6) is -1.28. The number of carbonyl (C=O) groups is 2. The first-order valence-corrected chi connectivity index (χ1v) is 8.29. The molecule has 0 spiro atoms. The Morgan fingerprint density at radius 1 is 1.42 bits per heavy atom. The summed E-state index contributed by atoms with van der Waals surface area (Å²) in [6, 6.07) is 3.01. The number of rotatable bonds is 3. The van der Waals surface area contributed by atoms with E-state index in [1.54, 1.807) is 17.0 Å². The normalized spacial score (nSPS) is 29.5. The predicted octanol–water partition coefficient (Wildman–Crippen LogP) is 2.30. The zero-order valence-corrected chi connectivity index (χ0v) is 14.5. The molecule has 130 valence electrons. The van der Waals surface area contributed by atoms with Crippen LogP contribution in [0.15, 0.2) is 12.1 Å². The van der Waals surface area contributed by atoms with Crippen LogP contribution in [0, 0.1) is 0 Å². The predicted molar refractivity (Wildman–Crippen MR) is 87.7 cm³/mol. The molecule has 1 amide bonds. The maximum Gasteiger partial charge on any atom is 0.336 e. The molecule has 0 aliphatic carbocycles. The molecule has 0 saturated carbocycles. The number of amides is 1. The van der Waals surface area contributed by atoms with Crippen LogP contribution in [0.25, 0.3) is 0 Å². The molecule has 0 bridgehead atoms. The maximum atomic E-state index is 12.3. The summed E-state index contributed by atoms with van der Waals surface area (Å²) in [4.78, 5) is 25.2. The summed E-state index contributed by atoms with van der Waals surface area (Å²) in [5.41, 5.74) is -1.29. The van der Waals surface area contributed by atoms with Crippen LogP contribution >= 0.6 is 23.2 Å². The number of hydrogen-bond donors (Lipinski definition) is 2. The van der Waals surface area contributed by atoms with Gasteiger partial charge in [-0.15, -0.1) is 0 Å². The Bertz CT molecular complexity index is 710. The number of ether oxygens (including phenoxy) is 1. The summed E-state index contributed by atoms with van der Waals surface area (Å²) in [5, 5.41) is 20.2. The van der Waals surface area contributed by atoms with E-state index >= 15 is 0 Å². The molecule has 2 fully saturated rings. The third-order valence-corrected chi connectivity index (χ3v) is 5.69. The largest absolute Gasteiger partial charge is 0.496 e. The molecule has 1 aromatic rings. The lowest BCUT2D eigenvalue weighted by Gasteiger charge is -2.37. The minimum absolute atomic E-state index is 0.00503. The fraction of sp³-hybridized carbons (Fsp3) is 0.500. The summed E-state index contributed by atoms with van der Waals surface area (Å²) < 4.78 is 5.36. The molecule has 2 heterocycles. The molecule has 3 rings (SSSR count). The number of carboxylic acid groups (broad SMARTS) is 1. The van der Waals surface area contributed by atoms with E-state index in [0.29, 0.717) is 34.3 Å². The van der Waals surface area contributed by atoms with E-state index in [0.717, 1.165) is 0 Å². The van der Waals surface area contributed by atoms with Crippen LogP contribution in [0.4, 0.5) is 0 Å². The van der Waals surface area contributed by atoms with Crippen LogP contribution in [0.3, 0.4) is 0 Å². The molecule has 1 aromatic carbocycles. The Balaban J connectivity index is 1.92. The monoisotopic (exact) mass is 373 g/mol. The molecule has 0 radical (unpaired) electrons. The van der Waals surface area contributed by atoms with E-state index in [1.165, 1.54) is 7.11 Å². The van der Waals surface area contributed by atoms with E-state index in [2.05, 4.69) is 0 Å². The van der Waals surface area contributed by atoms with Crippen molar-refractivity contribution in [3.05, 3.63) is 27.7 Å². The van der Waals surface area contributed by atoms with Gasteiger partial charge in [-0.1, -0.05) is 23.2 Å². The van der Waals surface area contributed by atoms with E-state index in [9.17, 15) is 19.8 Å². The minimum Gasteiger partial charge on any atom is -0.496 e. The third-order valence-electron chi connectivity index (χ3n) is 4.87. The molecule has 3 atom stereocenters. The van der Waals surface area contributed by atoms with Crippen molar-refractivity contribution in [3.8, 4) is 5.75 Å². The number of fused-ring (bicyclic) bond motifs is 1. The van der Waals surface area contributed by atoms with Gasteiger partial charge >= 0.3 is 5.97 Å². The first-order valence-electron chi connectivity index (χ1n) is 7.54. The summed E-state index contributed by atoms with van der Waals surface area (Å²) >= 11 is 12.4. The molecule has 0 aromatic heterocycles. The molecule has 2 saturated heterocycles. The van der Waals surface area contributed by atoms with Gasteiger partial charge in [0.25, 0.3) is 0 Å². The number of methoxy groups -OCH3 is 1. The Labute approximate surface area is 148 Å². The third kappa shape index (κ3) is 2.72. The Morgan fingerprint density at radius 3 is 2.75 bits per heavy atom. The van der Waals surface area contributed by atoms with E-state index < -0.39 is 18.0 Å². The molecule has 1 unspecified atom stereocenters. The quantitative estimate of drug-likeness (QED) is 0.848. The average Bonchev–Trinajstić information content (AvgIpc) is 2.93. The van der Waals surface area contributed by atoms with Crippen molar-refractivity contribution in [1.82, 2.24) is 4.90 Å². The topological polar surface area (TPSA) is 87.1 Å². The van der Waals surface area contributed by atoms with Gasteiger partial charge in [0.05, 0.1) is 23.6 Å². The van der Waals surface area contributed by atoms with E-state index in [1.807, 2.05) is 0 Å². The highest BCUT2D eigenvalue weighted by molar-refractivity contribution is 6.42. The van der Waals surface area contributed by atoms with Gasteiger partial charge in [0, 0.05) is 30.5 Å². The number of piperidine rings is 1. The van der Waals surface area contributed by atoms with Crippen LogP contribution in [-0.4, -0.2) is 52.3 Å². The Morgan fingerprint density at radius 2 is 2.12 bits per heavy atom. The van der Waals surface area contributed by atoms with Gasteiger partial charge in [-0.2, -0.15) is 0 Å². The number of nitrogens with zero attached hydrogens (tertiary/aromatic N) is 1. The van der Waals surface area contributed by atoms with Crippen molar-refractivity contribution in [1.29, 1.82) is 0 Å². The number of aliphatic hydroxyl groups is 1. The highest BCUT2D eigenvalue weighted by atomic mass is 35.5. The van der Waals surface area contributed by atoms with Gasteiger partial charge in [0.15, 0.2) is 5.60 Å². The summed E-state index contributed by atoms with van der Waals surface area (Å²) in [6.07, 6.45) is 0.0921. The second-order valence-electron chi connectivity index (χ2n) is 6.33. The van der Waals surface area contributed by atoms with Gasteiger partial charge < -0.3 is 19.8 Å². The van der Waals surface area contributed by atoms with Gasteiger partial charge in [-0.3, -0.25) is 4.79 Å². The van der Waals surface area contributed by atoms with Gasteiger partial charge in [0.1, 0.15) is 5.75 Å². The second-order valence-corrected chi connectivity index (χ2v) is 7.11. The number of benzene rings is 1. The summed E-state index contributed by atoms with van der Waals surface area (Å²) in [6.45, 7) is 0.398. The average molecular weight is 374 g/mol. The first-order chi connectivity index (χ1) is 11.3. The van der Waals surface area contributed by atoms with Crippen molar-refractivity contribution in [3.63, 3.8) is 0 Å². The van der Waals surface area contributed by atoms with Crippen LogP contribution in [0.2, 0.25) is 10.0 Å². The number of carbonyl (C=O) groups excluding carboxylic acids is 1.